The van der Waals surface area contributed by atoms with Gasteiger partial charge in [-0.3, -0.25) is 4.79 Å². The summed E-state index contributed by atoms with van der Waals surface area (Å²) in [6.45, 7) is 3.13. The fourth-order valence-corrected chi connectivity index (χ4v) is 1.47. The van der Waals surface area contributed by atoms with E-state index in [0.29, 0.717) is 12.1 Å². The highest BCUT2D eigenvalue weighted by atomic mass is 16.4. The van der Waals surface area contributed by atoms with Gasteiger partial charge >= 0.3 is 0 Å². The van der Waals surface area contributed by atoms with Crippen molar-refractivity contribution in [1.29, 1.82) is 0 Å². The number of benzene rings is 1. The summed E-state index contributed by atoms with van der Waals surface area (Å²) in [7, 11) is 0. The molecule has 0 aliphatic carbocycles. The van der Waals surface area contributed by atoms with Gasteiger partial charge < -0.3 is 10.5 Å². The Morgan fingerprint density at radius 3 is 2.50 bits per heavy atom. The SMILES string of the molecule is CC(=O)NC(Cc1ccccc1)/C(C)=N/O. The lowest BCUT2D eigenvalue weighted by Gasteiger charge is -2.16. The van der Waals surface area contributed by atoms with Gasteiger partial charge in [0.1, 0.15) is 0 Å². The van der Waals surface area contributed by atoms with Gasteiger partial charge in [0.2, 0.25) is 5.91 Å². The Balaban J connectivity index is 2.75. The molecule has 4 nitrogen and oxygen atoms in total. The second-order valence-electron chi connectivity index (χ2n) is 3.68. The third-order valence-corrected chi connectivity index (χ3v) is 2.32. The number of amides is 1. The first-order valence-corrected chi connectivity index (χ1v) is 5.13. The molecule has 1 aromatic rings. The maximum absolute atomic E-state index is 11.0. The third-order valence-electron chi connectivity index (χ3n) is 2.32. The summed E-state index contributed by atoms with van der Waals surface area (Å²) < 4.78 is 0. The van der Waals surface area contributed by atoms with E-state index in [4.69, 9.17) is 5.21 Å². The fraction of sp³-hybridized carbons (Fsp3) is 0.333. The summed E-state index contributed by atoms with van der Waals surface area (Å²) in [6.07, 6.45) is 0.621. The van der Waals surface area contributed by atoms with Crippen molar-refractivity contribution in [2.45, 2.75) is 26.3 Å². The first kappa shape index (κ1) is 12.2. The zero-order valence-electron chi connectivity index (χ0n) is 9.47. The van der Waals surface area contributed by atoms with E-state index < -0.39 is 0 Å². The van der Waals surface area contributed by atoms with Crippen molar-refractivity contribution >= 4 is 11.6 Å². The highest BCUT2D eigenvalue weighted by molar-refractivity contribution is 5.90. The first-order chi connectivity index (χ1) is 7.63. The number of carbonyl (C=O) groups is 1. The van der Waals surface area contributed by atoms with E-state index in [1.807, 2.05) is 30.3 Å². The Morgan fingerprint density at radius 1 is 1.38 bits per heavy atom. The second kappa shape index (κ2) is 5.90. The molecule has 2 N–H and O–H groups in total. The van der Waals surface area contributed by atoms with E-state index >= 15 is 0 Å². The van der Waals surface area contributed by atoms with E-state index in [2.05, 4.69) is 10.5 Å². The minimum atomic E-state index is -0.259. The molecule has 1 amide bonds. The molecule has 0 radical (unpaired) electrons. The maximum Gasteiger partial charge on any atom is 0.217 e. The predicted octanol–water partition coefficient (Wildman–Crippen LogP) is 1.58. The zero-order chi connectivity index (χ0) is 12.0. The Hall–Kier alpha value is -1.84. The lowest BCUT2D eigenvalue weighted by molar-refractivity contribution is -0.119. The molecule has 0 bridgehead atoms. The van der Waals surface area contributed by atoms with Crippen LogP contribution in [0.3, 0.4) is 0 Å². The molecule has 0 saturated heterocycles. The summed E-state index contributed by atoms with van der Waals surface area (Å²) in [4.78, 5) is 11.0. The Labute approximate surface area is 95.0 Å². The van der Waals surface area contributed by atoms with E-state index in [0.717, 1.165) is 5.56 Å². The van der Waals surface area contributed by atoms with Crippen LogP contribution in [0, 0.1) is 0 Å². The quantitative estimate of drug-likeness (QED) is 0.460. The third kappa shape index (κ3) is 3.73. The molecular weight excluding hydrogens is 204 g/mol. The summed E-state index contributed by atoms with van der Waals surface area (Å²) in [5.74, 6) is -0.135. The van der Waals surface area contributed by atoms with Gasteiger partial charge in [-0.15, -0.1) is 0 Å². The van der Waals surface area contributed by atoms with Crippen molar-refractivity contribution in [3.8, 4) is 0 Å². The van der Waals surface area contributed by atoms with Crippen LogP contribution >= 0.6 is 0 Å². The van der Waals surface area contributed by atoms with Crippen LogP contribution in [0.4, 0.5) is 0 Å². The van der Waals surface area contributed by atoms with E-state index in [9.17, 15) is 4.79 Å². The molecule has 0 aromatic heterocycles. The first-order valence-electron chi connectivity index (χ1n) is 5.13. The Bertz CT molecular complexity index is 374. The Kier molecular flexibility index (Phi) is 4.51. The van der Waals surface area contributed by atoms with Crippen LogP contribution in [0.2, 0.25) is 0 Å². The molecule has 4 heteroatoms. The molecule has 0 heterocycles. The minimum Gasteiger partial charge on any atom is -0.411 e. The van der Waals surface area contributed by atoms with E-state index in [1.54, 1.807) is 6.92 Å². The normalized spacial score (nSPS) is 13.2. The molecule has 16 heavy (non-hydrogen) atoms. The minimum absolute atomic E-state index is 0.135. The average molecular weight is 220 g/mol. The van der Waals surface area contributed by atoms with Gasteiger partial charge in [-0.25, -0.2) is 0 Å². The number of hydrogen-bond donors (Lipinski definition) is 2. The average Bonchev–Trinajstić information content (AvgIpc) is 2.28. The fourth-order valence-electron chi connectivity index (χ4n) is 1.47. The maximum atomic E-state index is 11.0. The van der Waals surface area contributed by atoms with Crippen LogP contribution in [0.25, 0.3) is 0 Å². The van der Waals surface area contributed by atoms with Crippen LogP contribution < -0.4 is 5.32 Å². The monoisotopic (exact) mass is 220 g/mol. The summed E-state index contributed by atoms with van der Waals surface area (Å²) in [5.41, 5.74) is 1.59. The number of nitrogens with one attached hydrogen (secondary N) is 1. The van der Waals surface area contributed by atoms with Crippen LogP contribution in [0.15, 0.2) is 35.5 Å². The van der Waals surface area contributed by atoms with Gasteiger partial charge in [-0.1, -0.05) is 35.5 Å². The molecule has 0 spiro atoms. The van der Waals surface area contributed by atoms with E-state index in [-0.39, 0.29) is 11.9 Å². The lowest BCUT2D eigenvalue weighted by Crippen LogP contribution is -2.40. The Morgan fingerprint density at radius 2 is 2.00 bits per heavy atom. The smallest absolute Gasteiger partial charge is 0.217 e. The van der Waals surface area contributed by atoms with Gasteiger partial charge in [-0.05, 0) is 18.9 Å². The number of oxime groups is 1. The van der Waals surface area contributed by atoms with Crippen LogP contribution in [0.5, 0.6) is 0 Å². The van der Waals surface area contributed by atoms with Gasteiger partial charge in [0, 0.05) is 6.92 Å². The number of rotatable bonds is 4. The molecule has 1 unspecified atom stereocenters. The van der Waals surface area contributed by atoms with Crippen molar-refractivity contribution in [2.75, 3.05) is 0 Å². The van der Waals surface area contributed by atoms with Crippen molar-refractivity contribution in [1.82, 2.24) is 5.32 Å². The van der Waals surface area contributed by atoms with Crippen molar-refractivity contribution in [2.24, 2.45) is 5.16 Å². The van der Waals surface area contributed by atoms with E-state index in [1.165, 1.54) is 6.92 Å². The highest BCUT2D eigenvalue weighted by Crippen LogP contribution is 2.04. The summed E-state index contributed by atoms with van der Waals surface area (Å²) in [6, 6.07) is 9.49. The highest BCUT2D eigenvalue weighted by Gasteiger charge is 2.14. The molecule has 0 aliphatic heterocycles. The van der Waals surface area contributed by atoms with Gasteiger partial charge in [0.05, 0.1) is 11.8 Å². The molecule has 86 valence electrons. The number of nitrogens with zero attached hydrogens (tertiary/aromatic N) is 1. The van der Waals surface area contributed by atoms with Crippen LogP contribution in [0.1, 0.15) is 19.4 Å². The molecule has 1 rings (SSSR count). The lowest BCUT2D eigenvalue weighted by atomic mass is 10.0. The van der Waals surface area contributed by atoms with Crippen molar-refractivity contribution < 1.29 is 10.0 Å². The molecule has 0 aliphatic rings. The predicted molar refractivity (Wildman–Crippen MR) is 62.6 cm³/mol. The molecule has 1 aromatic carbocycles. The van der Waals surface area contributed by atoms with Crippen molar-refractivity contribution in [3.05, 3.63) is 35.9 Å². The topological polar surface area (TPSA) is 61.7 Å². The molecular formula is C12H16N2O2. The zero-order valence-corrected chi connectivity index (χ0v) is 9.47. The summed E-state index contributed by atoms with van der Waals surface area (Å²) in [5, 5.41) is 14.6. The van der Waals surface area contributed by atoms with Gasteiger partial charge in [0.15, 0.2) is 0 Å². The van der Waals surface area contributed by atoms with Crippen LogP contribution in [-0.4, -0.2) is 22.9 Å². The number of carbonyl (C=O) groups excluding carboxylic acids is 1. The van der Waals surface area contributed by atoms with Crippen molar-refractivity contribution in [3.63, 3.8) is 0 Å². The second-order valence-corrected chi connectivity index (χ2v) is 3.68. The largest absolute Gasteiger partial charge is 0.411 e. The van der Waals surface area contributed by atoms with Crippen LogP contribution in [-0.2, 0) is 11.2 Å². The van der Waals surface area contributed by atoms with Gasteiger partial charge in [-0.2, -0.15) is 0 Å². The molecule has 1 atom stereocenters. The molecule has 0 saturated carbocycles. The van der Waals surface area contributed by atoms with Gasteiger partial charge in [0.25, 0.3) is 0 Å². The number of hydrogen-bond acceptors (Lipinski definition) is 3. The summed E-state index contributed by atoms with van der Waals surface area (Å²) >= 11 is 0. The standard InChI is InChI=1S/C12H16N2O2/c1-9(14-16)12(13-10(2)15)8-11-6-4-3-5-7-11/h3-7,12,16H,8H2,1-2H3,(H,13,15)/b14-9+. The molecule has 0 fully saturated rings.